The molecule has 31 heavy (non-hydrogen) atoms. The molecule has 4 rings (SSSR count). The van der Waals surface area contributed by atoms with Crippen LogP contribution in [0.1, 0.15) is 32.0 Å². The summed E-state index contributed by atoms with van der Waals surface area (Å²) < 4.78 is 1.29. The number of fused-ring (bicyclic) bond motifs is 1. The van der Waals surface area contributed by atoms with Crippen molar-refractivity contribution in [2.75, 3.05) is 5.73 Å². The van der Waals surface area contributed by atoms with E-state index in [4.69, 9.17) is 46.3 Å². The quantitative estimate of drug-likeness (QED) is 0.417. The summed E-state index contributed by atoms with van der Waals surface area (Å²) >= 11 is 19.1. The highest BCUT2D eigenvalue weighted by Gasteiger charge is 2.21. The minimum absolute atomic E-state index is 0.0209. The van der Waals surface area contributed by atoms with Crippen LogP contribution < -0.4 is 11.5 Å². The maximum absolute atomic E-state index is 13.3. The number of anilines is 1. The summed E-state index contributed by atoms with van der Waals surface area (Å²) in [5.41, 5.74) is 12.1. The van der Waals surface area contributed by atoms with Gasteiger partial charge in [0, 0.05) is 16.0 Å². The highest BCUT2D eigenvalue weighted by atomic mass is 35.5. The predicted molar refractivity (Wildman–Crippen MR) is 121 cm³/mol. The number of halogens is 3. The van der Waals surface area contributed by atoms with Gasteiger partial charge in [0.15, 0.2) is 17.3 Å². The van der Waals surface area contributed by atoms with Crippen molar-refractivity contribution >= 4 is 63.1 Å². The summed E-state index contributed by atoms with van der Waals surface area (Å²) in [5.74, 6) is -1.09. The smallest absolute Gasteiger partial charge is 0.273 e. The fourth-order valence-corrected chi connectivity index (χ4v) is 4.25. The molecule has 0 aliphatic heterocycles. The van der Waals surface area contributed by atoms with E-state index in [1.54, 1.807) is 24.3 Å². The molecular weight excluding hydrogens is 461 g/mol. The van der Waals surface area contributed by atoms with Crippen LogP contribution in [0, 0.1) is 0 Å². The summed E-state index contributed by atoms with van der Waals surface area (Å²) in [4.78, 5) is 24.6. The highest BCUT2D eigenvalue weighted by molar-refractivity contribution is 6.42. The van der Waals surface area contributed by atoms with Crippen LogP contribution in [0.2, 0.25) is 15.1 Å². The third-order valence-corrected chi connectivity index (χ3v) is 5.71. The van der Waals surface area contributed by atoms with Gasteiger partial charge in [0.25, 0.3) is 5.91 Å². The number of nitrogen functional groups attached to an aromatic ring is 1. The van der Waals surface area contributed by atoms with Crippen LogP contribution in [0.4, 0.5) is 5.82 Å². The Hall–Kier alpha value is -3.13. The first kappa shape index (κ1) is 21.1. The Kier molecular flexibility index (Phi) is 5.58. The number of nitrogens with zero attached hydrogens (tertiary/aromatic N) is 3. The topological polar surface area (TPSA) is 117 Å². The first-order valence-electron chi connectivity index (χ1n) is 8.96. The molecule has 4 aromatic rings. The number of nitrogens with two attached hydrogens (primary N) is 2. The minimum atomic E-state index is -0.782. The lowest BCUT2D eigenvalue weighted by Gasteiger charge is -2.12. The molecule has 0 spiro atoms. The van der Waals surface area contributed by atoms with E-state index >= 15 is 0 Å². The third kappa shape index (κ3) is 3.83. The predicted octanol–water partition coefficient (Wildman–Crippen LogP) is 4.35. The average Bonchev–Trinajstić information content (AvgIpc) is 3.08. The van der Waals surface area contributed by atoms with E-state index in [0.29, 0.717) is 21.5 Å². The minimum Gasteiger partial charge on any atom is -0.382 e. The van der Waals surface area contributed by atoms with Crippen molar-refractivity contribution in [3.05, 3.63) is 86.0 Å². The summed E-state index contributed by atoms with van der Waals surface area (Å²) in [6, 6.07) is 13.8. The van der Waals surface area contributed by atoms with Gasteiger partial charge in [-0.3, -0.25) is 9.59 Å². The molecule has 0 radical (unpaired) electrons. The average molecular weight is 475 g/mol. The van der Waals surface area contributed by atoms with Crippen molar-refractivity contribution in [1.82, 2.24) is 15.0 Å². The fourth-order valence-electron chi connectivity index (χ4n) is 3.31. The van der Waals surface area contributed by atoms with Crippen LogP contribution in [-0.2, 0) is 6.54 Å². The zero-order valence-electron chi connectivity index (χ0n) is 15.8. The van der Waals surface area contributed by atoms with Crippen LogP contribution in [0.3, 0.4) is 0 Å². The van der Waals surface area contributed by atoms with Gasteiger partial charge in [0.2, 0.25) is 0 Å². The number of carbonyl (C=O) groups is 2. The molecule has 10 heteroatoms. The second kappa shape index (κ2) is 8.19. The Balaban J connectivity index is 1.72. The molecule has 1 amide bonds. The van der Waals surface area contributed by atoms with E-state index in [9.17, 15) is 9.59 Å². The fraction of sp³-hybridized carbons (Fsp3) is 0.0476. The van der Waals surface area contributed by atoms with E-state index in [1.165, 1.54) is 4.68 Å². The number of aromatic nitrogens is 3. The van der Waals surface area contributed by atoms with Gasteiger partial charge < -0.3 is 11.5 Å². The number of amides is 1. The number of rotatable bonds is 5. The molecule has 3 aromatic carbocycles. The van der Waals surface area contributed by atoms with Crippen molar-refractivity contribution in [1.29, 1.82) is 0 Å². The Morgan fingerprint density at radius 1 is 0.935 bits per heavy atom. The van der Waals surface area contributed by atoms with E-state index in [0.717, 1.165) is 5.39 Å². The molecule has 0 unspecified atom stereocenters. The Morgan fingerprint density at radius 3 is 2.19 bits per heavy atom. The number of primary amides is 1. The van der Waals surface area contributed by atoms with Crippen LogP contribution in [0.25, 0.3) is 10.8 Å². The lowest BCUT2D eigenvalue weighted by Crippen LogP contribution is -2.15. The molecule has 7 nitrogen and oxygen atoms in total. The van der Waals surface area contributed by atoms with Gasteiger partial charge in [-0.1, -0.05) is 64.3 Å². The molecule has 0 aliphatic rings. The van der Waals surface area contributed by atoms with Crippen LogP contribution >= 0.6 is 34.8 Å². The summed E-state index contributed by atoms with van der Waals surface area (Å²) in [6.07, 6.45) is 0. The molecule has 1 aromatic heterocycles. The first-order chi connectivity index (χ1) is 14.8. The molecule has 4 N–H and O–H groups in total. The molecule has 0 bridgehead atoms. The summed E-state index contributed by atoms with van der Waals surface area (Å²) in [5, 5.41) is 9.81. The number of carbonyl (C=O) groups excluding carboxylic acids is 2. The summed E-state index contributed by atoms with van der Waals surface area (Å²) in [6.45, 7) is 0.129. The van der Waals surface area contributed by atoms with E-state index in [1.807, 2.05) is 24.3 Å². The zero-order chi connectivity index (χ0) is 22.3. The van der Waals surface area contributed by atoms with Crippen molar-refractivity contribution in [3.63, 3.8) is 0 Å². The first-order valence-corrected chi connectivity index (χ1v) is 10.1. The lowest BCUT2D eigenvalue weighted by molar-refractivity contribution is 0.0994. The molecule has 0 atom stereocenters. The van der Waals surface area contributed by atoms with Crippen molar-refractivity contribution in [2.45, 2.75) is 6.54 Å². The monoisotopic (exact) mass is 473 g/mol. The molecule has 0 saturated carbocycles. The van der Waals surface area contributed by atoms with Gasteiger partial charge in [-0.05, 0) is 35.2 Å². The van der Waals surface area contributed by atoms with Crippen molar-refractivity contribution in [3.8, 4) is 0 Å². The second-order valence-corrected chi connectivity index (χ2v) is 7.97. The summed E-state index contributed by atoms with van der Waals surface area (Å²) in [7, 11) is 0. The second-order valence-electron chi connectivity index (χ2n) is 6.75. The SMILES string of the molecule is NC(=O)c1nnn(Cc2cc(Cl)c(C(=O)c3ccc(Cl)c4ccccc34)c(Cl)c2)c1N. The maximum atomic E-state index is 13.3. The van der Waals surface area contributed by atoms with Gasteiger partial charge in [-0.15, -0.1) is 5.10 Å². The molecule has 0 fully saturated rings. The Morgan fingerprint density at radius 2 is 1.58 bits per heavy atom. The number of hydrogen-bond acceptors (Lipinski definition) is 5. The largest absolute Gasteiger partial charge is 0.382 e. The molecule has 1 heterocycles. The Bertz CT molecular complexity index is 1340. The van der Waals surface area contributed by atoms with E-state index in [-0.39, 0.29) is 39.4 Å². The van der Waals surface area contributed by atoms with Crippen molar-refractivity contribution in [2.24, 2.45) is 5.73 Å². The maximum Gasteiger partial charge on any atom is 0.273 e. The molecule has 0 aliphatic carbocycles. The molecular formula is C21H14Cl3N5O2. The van der Waals surface area contributed by atoms with Gasteiger partial charge in [0.05, 0.1) is 22.2 Å². The zero-order valence-corrected chi connectivity index (χ0v) is 18.0. The van der Waals surface area contributed by atoms with Crippen LogP contribution in [0.5, 0.6) is 0 Å². The van der Waals surface area contributed by atoms with Crippen LogP contribution in [0.15, 0.2) is 48.5 Å². The van der Waals surface area contributed by atoms with Crippen LogP contribution in [-0.4, -0.2) is 26.7 Å². The number of ketones is 1. The van der Waals surface area contributed by atoms with Crippen molar-refractivity contribution < 1.29 is 9.59 Å². The third-order valence-electron chi connectivity index (χ3n) is 4.78. The van der Waals surface area contributed by atoms with E-state index < -0.39 is 5.91 Å². The molecule has 156 valence electrons. The number of benzene rings is 3. The Labute approximate surface area is 191 Å². The van der Waals surface area contributed by atoms with Gasteiger partial charge in [-0.2, -0.15) is 0 Å². The van der Waals surface area contributed by atoms with Gasteiger partial charge in [0.1, 0.15) is 0 Å². The molecule has 0 saturated heterocycles. The number of hydrogen-bond donors (Lipinski definition) is 2. The van der Waals surface area contributed by atoms with Gasteiger partial charge in [-0.25, -0.2) is 4.68 Å². The lowest BCUT2D eigenvalue weighted by atomic mass is 9.96. The normalized spacial score (nSPS) is 11.1. The van der Waals surface area contributed by atoms with E-state index in [2.05, 4.69) is 10.3 Å². The van der Waals surface area contributed by atoms with Gasteiger partial charge >= 0.3 is 0 Å². The highest BCUT2D eigenvalue weighted by Crippen LogP contribution is 2.33. The standard InChI is InChI=1S/C21H14Cl3N5O2/c22-14-6-5-13(11-3-1-2-4-12(11)14)19(30)17-15(23)7-10(8-16(17)24)9-29-20(25)18(21(26)31)27-28-29/h1-8H,9,25H2,(H2,26,31).